The van der Waals surface area contributed by atoms with E-state index in [4.69, 9.17) is 0 Å². The second-order valence-electron chi connectivity index (χ2n) is 7.52. The molecule has 0 saturated carbocycles. The van der Waals surface area contributed by atoms with Gasteiger partial charge in [-0.2, -0.15) is 0 Å². The third-order valence-corrected chi connectivity index (χ3v) is 6.37. The molecule has 1 nitrogen and oxygen atoms in total. The Morgan fingerprint density at radius 1 is 0.885 bits per heavy atom. The largest absolute Gasteiger partial charge is 0.294 e. The number of Topliss-reactive ketones (excluding diaryl/α,β-unsaturated/α-hetero) is 1. The predicted octanol–water partition coefficient (Wildman–Crippen LogP) is 7.69. The number of ketones is 1. The van der Waals surface area contributed by atoms with Crippen molar-refractivity contribution < 1.29 is 4.79 Å². The molecule has 138 valence electrons. The van der Waals surface area contributed by atoms with Crippen molar-refractivity contribution in [3.05, 3.63) is 57.6 Å². The third-order valence-electron chi connectivity index (χ3n) is 5.88. The van der Waals surface area contributed by atoms with Crippen molar-refractivity contribution in [2.45, 2.75) is 71.1 Å². The number of unbranched alkanes of at least 4 members (excludes halogenated alkanes) is 2. The lowest BCUT2D eigenvalue weighted by molar-refractivity contribution is 0.0988. The molecule has 0 amide bonds. The van der Waals surface area contributed by atoms with Crippen LogP contribution in [0.2, 0.25) is 0 Å². The molecule has 1 aliphatic carbocycles. The van der Waals surface area contributed by atoms with Crippen molar-refractivity contribution >= 4 is 21.7 Å². The van der Waals surface area contributed by atoms with Crippen molar-refractivity contribution in [1.82, 2.24) is 0 Å². The van der Waals surface area contributed by atoms with Crippen LogP contribution in [0.1, 0.15) is 87.2 Å². The van der Waals surface area contributed by atoms with Crippen LogP contribution < -0.4 is 0 Å². The summed E-state index contributed by atoms with van der Waals surface area (Å²) in [5.41, 5.74) is 6.43. The average Bonchev–Trinajstić information content (AvgIpc) is 2.93. The number of halogens is 1. The van der Waals surface area contributed by atoms with E-state index in [9.17, 15) is 4.79 Å². The first-order valence-corrected chi connectivity index (χ1v) is 10.8. The molecule has 0 atom stereocenters. The van der Waals surface area contributed by atoms with Crippen LogP contribution in [0.15, 0.2) is 40.9 Å². The van der Waals surface area contributed by atoms with Gasteiger partial charge in [0.15, 0.2) is 5.78 Å². The Kier molecular flexibility index (Phi) is 6.02. The molecule has 26 heavy (non-hydrogen) atoms. The zero-order valence-electron chi connectivity index (χ0n) is 16.2. The van der Waals surface area contributed by atoms with Gasteiger partial charge in [0, 0.05) is 21.9 Å². The van der Waals surface area contributed by atoms with Crippen molar-refractivity contribution in [3.8, 4) is 11.1 Å². The number of carbonyl (C=O) groups is 1. The molecule has 0 aliphatic heterocycles. The highest BCUT2D eigenvalue weighted by Crippen LogP contribution is 2.54. The third kappa shape index (κ3) is 3.29. The van der Waals surface area contributed by atoms with Gasteiger partial charge in [-0.15, -0.1) is 0 Å². The predicted molar refractivity (Wildman–Crippen MR) is 114 cm³/mol. The maximum atomic E-state index is 12.4. The van der Waals surface area contributed by atoms with E-state index in [1.807, 2.05) is 13.0 Å². The average molecular weight is 413 g/mol. The summed E-state index contributed by atoms with van der Waals surface area (Å²) < 4.78 is 1.14. The summed E-state index contributed by atoms with van der Waals surface area (Å²) in [6.45, 7) is 6.48. The van der Waals surface area contributed by atoms with Crippen molar-refractivity contribution in [1.29, 1.82) is 0 Å². The molecule has 0 unspecified atom stereocenters. The Morgan fingerprint density at radius 3 is 2.04 bits per heavy atom. The summed E-state index contributed by atoms with van der Waals surface area (Å²) in [5, 5.41) is 0. The lowest BCUT2D eigenvalue weighted by atomic mass is 9.70. The van der Waals surface area contributed by atoms with Gasteiger partial charge in [0.05, 0.1) is 0 Å². The maximum absolute atomic E-state index is 12.4. The van der Waals surface area contributed by atoms with E-state index in [-0.39, 0.29) is 11.2 Å². The SMILES string of the molecule is CCCCC1(CCCC)c2cc(Br)ccc2-c2ccc(C(=O)CC)cc21. The molecule has 0 heterocycles. The van der Waals surface area contributed by atoms with Crippen LogP contribution in [-0.2, 0) is 5.41 Å². The van der Waals surface area contributed by atoms with E-state index in [1.54, 1.807) is 0 Å². The van der Waals surface area contributed by atoms with Gasteiger partial charge >= 0.3 is 0 Å². The number of benzene rings is 2. The summed E-state index contributed by atoms with van der Waals surface area (Å²) in [6, 6.07) is 13.1. The molecule has 0 N–H and O–H groups in total. The minimum atomic E-state index is 0.0461. The molecule has 0 bridgehead atoms. The van der Waals surface area contributed by atoms with E-state index >= 15 is 0 Å². The van der Waals surface area contributed by atoms with Gasteiger partial charge in [-0.1, -0.05) is 80.6 Å². The normalized spacial score (nSPS) is 14.2. The smallest absolute Gasteiger partial charge is 0.162 e. The van der Waals surface area contributed by atoms with Crippen LogP contribution in [0.3, 0.4) is 0 Å². The van der Waals surface area contributed by atoms with E-state index in [1.165, 1.54) is 47.9 Å². The van der Waals surface area contributed by atoms with E-state index < -0.39 is 0 Å². The standard InChI is InChI=1S/C24H29BrO/c1-4-7-13-24(14-8-5-2)21-15-17(23(26)6-3)9-11-19(21)20-12-10-18(25)16-22(20)24/h9-12,15-16H,4-8,13-14H2,1-3H3. The zero-order chi connectivity index (χ0) is 18.7. The molecule has 0 saturated heterocycles. The minimum Gasteiger partial charge on any atom is -0.294 e. The molecule has 2 heteroatoms. The minimum absolute atomic E-state index is 0.0461. The molecule has 2 aromatic rings. The molecule has 3 rings (SSSR count). The first-order chi connectivity index (χ1) is 12.6. The Morgan fingerprint density at radius 2 is 1.46 bits per heavy atom. The van der Waals surface area contributed by atoms with Crippen molar-refractivity contribution in [2.24, 2.45) is 0 Å². The number of rotatable bonds is 8. The van der Waals surface area contributed by atoms with E-state index in [2.05, 4.69) is 60.1 Å². The Bertz CT molecular complexity index is 798. The molecular formula is C24H29BrO. The summed E-state index contributed by atoms with van der Waals surface area (Å²) in [7, 11) is 0. The van der Waals surface area contributed by atoms with Gasteiger partial charge in [-0.05, 0) is 53.3 Å². The van der Waals surface area contributed by atoms with Crippen LogP contribution in [0, 0.1) is 0 Å². The first-order valence-electron chi connectivity index (χ1n) is 10.1. The summed E-state index contributed by atoms with van der Waals surface area (Å²) in [4.78, 5) is 12.4. The Labute approximate surface area is 166 Å². The van der Waals surface area contributed by atoms with Crippen LogP contribution >= 0.6 is 15.9 Å². The summed E-state index contributed by atoms with van der Waals surface area (Å²) in [6.07, 6.45) is 7.68. The van der Waals surface area contributed by atoms with Crippen LogP contribution in [0.5, 0.6) is 0 Å². The molecular weight excluding hydrogens is 384 g/mol. The number of hydrogen-bond donors (Lipinski definition) is 0. The highest BCUT2D eigenvalue weighted by atomic mass is 79.9. The molecule has 0 fully saturated rings. The van der Waals surface area contributed by atoms with Gasteiger partial charge in [-0.25, -0.2) is 0 Å². The topological polar surface area (TPSA) is 17.1 Å². The fraction of sp³-hybridized carbons (Fsp3) is 0.458. The van der Waals surface area contributed by atoms with Crippen LogP contribution in [-0.4, -0.2) is 5.78 Å². The summed E-state index contributed by atoms with van der Waals surface area (Å²) >= 11 is 3.69. The summed E-state index contributed by atoms with van der Waals surface area (Å²) in [5.74, 6) is 0.241. The molecule has 0 radical (unpaired) electrons. The van der Waals surface area contributed by atoms with Gasteiger partial charge in [0.25, 0.3) is 0 Å². The first kappa shape index (κ1) is 19.4. The monoisotopic (exact) mass is 412 g/mol. The lowest BCUT2D eigenvalue weighted by Crippen LogP contribution is -2.25. The van der Waals surface area contributed by atoms with Crippen molar-refractivity contribution in [3.63, 3.8) is 0 Å². The quantitative estimate of drug-likeness (QED) is 0.406. The van der Waals surface area contributed by atoms with Gasteiger partial charge in [0.1, 0.15) is 0 Å². The lowest BCUT2D eigenvalue weighted by Gasteiger charge is -2.33. The Hall–Kier alpha value is -1.41. The van der Waals surface area contributed by atoms with Gasteiger partial charge in [-0.3, -0.25) is 4.79 Å². The fourth-order valence-corrected chi connectivity index (χ4v) is 4.83. The number of hydrogen-bond acceptors (Lipinski definition) is 1. The van der Waals surface area contributed by atoms with Crippen LogP contribution in [0.25, 0.3) is 11.1 Å². The van der Waals surface area contributed by atoms with Gasteiger partial charge in [0.2, 0.25) is 0 Å². The number of carbonyl (C=O) groups excluding carboxylic acids is 1. The maximum Gasteiger partial charge on any atom is 0.162 e. The Balaban J connectivity index is 2.23. The van der Waals surface area contributed by atoms with E-state index in [0.717, 1.165) is 22.9 Å². The second-order valence-corrected chi connectivity index (χ2v) is 8.43. The van der Waals surface area contributed by atoms with Crippen molar-refractivity contribution in [2.75, 3.05) is 0 Å². The number of fused-ring (bicyclic) bond motifs is 3. The van der Waals surface area contributed by atoms with E-state index in [0.29, 0.717) is 6.42 Å². The highest BCUT2D eigenvalue weighted by molar-refractivity contribution is 9.10. The van der Waals surface area contributed by atoms with Crippen LogP contribution in [0.4, 0.5) is 0 Å². The van der Waals surface area contributed by atoms with Gasteiger partial charge < -0.3 is 0 Å². The highest BCUT2D eigenvalue weighted by Gasteiger charge is 2.42. The second kappa shape index (κ2) is 8.08. The zero-order valence-corrected chi connectivity index (χ0v) is 17.8. The molecule has 1 aliphatic rings. The molecule has 0 aromatic heterocycles. The molecule has 2 aromatic carbocycles. The fourth-order valence-electron chi connectivity index (χ4n) is 4.47. The molecule has 0 spiro atoms.